The summed E-state index contributed by atoms with van der Waals surface area (Å²) in [4.78, 5) is 0. The van der Waals surface area contributed by atoms with Crippen LogP contribution < -0.4 is 18.9 Å². The average Bonchev–Trinajstić information content (AvgIpc) is 3.28. The highest BCUT2D eigenvalue weighted by molar-refractivity contribution is 9.10. The minimum absolute atomic E-state index is 0.154. The average molecular weight is 499 g/mol. The van der Waals surface area contributed by atoms with Crippen LogP contribution in [0.25, 0.3) is 6.08 Å². The Labute approximate surface area is 194 Å². The highest BCUT2D eigenvalue weighted by Crippen LogP contribution is 2.38. The summed E-state index contributed by atoms with van der Waals surface area (Å²) in [5.74, 6) is 2.30. The van der Waals surface area contributed by atoms with Gasteiger partial charge in [-0.25, -0.2) is 0 Å². The van der Waals surface area contributed by atoms with Gasteiger partial charge < -0.3 is 29.2 Å². The topological polar surface area (TPSA) is 77.4 Å². The second-order valence-electron chi connectivity index (χ2n) is 7.17. The van der Waals surface area contributed by atoms with Gasteiger partial charge in [0.25, 0.3) is 0 Å². The van der Waals surface area contributed by atoms with E-state index in [9.17, 15) is 10.2 Å². The number of ether oxygens (including phenoxy) is 4. The molecule has 0 spiro atoms. The Balaban J connectivity index is 1.54. The number of benzene rings is 3. The van der Waals surface area contributed by atoms with E-state index >= 15 is 0 Å². The molecule has 4 rings (SSSR count). The first-order chi connectivity index (χ1) is 15.6. The normalized spacial score (nSPS) is 13.4. The summed E-state index contributed by atoms with van der Waals surface area (Å²) in [6, 6.07) is 16.9. The van der Waals surface area contributed by atoms with Crippen LogP contribution in [-0.2, 0) is 13.2 Å². The molecule has 0 saturated heterocycles. The zero-order chi connectivity index (χ0) is 22.5. The highest BCUT2D eigenvalue weighted by Gasteiger charge is 2.18. The number of aliphatic hydroxyl groups excluding tert-OH is 2. The summed E-state index contributed by atoms with van der Waals surface area (Å²) in [7, 11) is 1.56. The molecule has 1 unspecified atom stereocenters. The summed E-state index contributed by atoms with van der Waals surface area (Å²) < 4.78 is 22.9. The zero-order valence-electron chi connectivity index (χ0n) is 17.5. The van der Waals surface area contributed by atoms with Gasteiger partial charge in [-0.1, -0.05) is 58.4 Å². The third kappa shape index (κ3) is 4.91. The van der Waals surface area contributed by atoms with E-state index in [2.05, 4.69) is 15.9 Å². The Kier molecular flexibility index (Phi) is 6.99. The lowest BCUT2D eigenvalue weighted by molar-refractivity contribution is 0.174. The Morgan fingerprint density at radius 1 is 1.06 bits per heavy atom. The summed E-state index contributed by atoms with van der Waals surface area (Å²) in [5, 5.41) is 20.5. The van der Waals surface area contributed by atoms with E-state index in [-0.39, 0.29) is 13.4 Å². The minimum atomic E-state index is -0.918. The molecular formula is C25H23BrO6. The number of halogens is 1. The first-order valence-electron chi connectivity index (χ1n) is 10.0. The SMILES string of the molecule is COc1cc(C(O)/C=C/c2cc3c(cc2CO)OCO3)c(Br)cc1OCc1ccccc1. The Hall–Kier alpha value is -3.00. The molecule has 166 valence electrons. The van der Waals surface area contributed by atoms with E-state index in [0.717, 1.165) is 11.1 Å². The number of hydrogen-bond acceptors (Lipinski definition) is 6. The van der Waals surface area contributed by atoms with Crippen LogP contribution in [0.2, 0.25) is 0 Å². The molecule has 0 fully saturated rings. The van der Waals surface area contributed by atoms with Gasteiger partial charge in [0, 0.05) is 10.0 Å². The van der Waals surface area contributed by atoms with Crippen molar-refractivity contribution in [2.45, 2.75) is 19.3 Å². The van der Waals surface area contributed by atoms with E-state index in [1.165, 1.54) is 0 Å². The van der Waals surface area contributed by atoms with E-state index in [0.29, 0.717) is 45.2 Å². The summed E-state index contributed by atoms with van der Waals surface area (Å²) >= 11 is 3.53. The second kappa shape index (κ2) is 10.1. The van der Waals surface area contributed by atoms with Crippen molar-refractivity contribution in [1.82, 2.24) is 0 Å². The van der Waals surface area contributed by atoms with E-state index < -0.39 is 6.10 Å². The van der Waals surface area contributed by atoms with Crippen LogP contribution in [-0.4, -0.2) is 24.1 Å². The molecule has 0 aromatic heterocycles. The summed E-state index contributed by atoms with van der Waals surface area (Å²) in [5.41, 5.74) is 3.08. The van der Waals surface area contributed by atoms with Crippen molar-refractivity contribution in [3.63, 3.8) is 0 Å². The maximum atomic E-state index is 10.8. The Morgan fingerprint density at radius 2 is 1.81 bits per heavy atom. The molecule has 7 heteroatoms. The van der Waals surface area contributed by atoms with Gasteiger partial charge >= 0.3 is 0 Å². The molecule has 3 aromatic carbocycles. The van der Waals surface area contributed by atoms with Gasteiger partial charge in [-0.3, -0.25) is 0 Å². The standard InChI is InChI=1S/C25H23BrO6/c1-29-22-11-19(20(26)12-25(22)30-14-16-5-3-2-4-6-16)21(28)8-7-17-9-23-24(32-15-31-23)10-18(17)13-27/h2-12,21,27-28H,13-15H2,1H3/b8-7+. The van der Waals surface area contributed by atoms with Gasteiger partial charge in [0.15, 0.2) is 23.0 Å². The first-order valence-corrected chi connectivity index (χ1v) is 10.8. The predicted octanol–water partition coefficient (Wildman–Crippen LogP) is 5.00. The van der Waals surface area contributed by atoms with Crippen LogP contribution >= 0.6 is 15.9 Å². The van der Waals surface area contributed by atoms with Crippen LogP contribution in [0.15, 0.2) is 65.1 Å². The number of hydrogen-bond donors (Lipinski definition) is 2. The van der Waals surface area contributed by atoms with Crippen molar-refractivity contribution in [2.75, 3.05) is 13.9 Å². The monoisotopic (exact) mass is 498 g/mol. The van der Waals surface area contributed by atoms with Gasteiger partial charge in [-0.15, -0.1) is 0 Å². The van der Waals surface area contributed by atoms with Gasteiger partial charge in [-0.05, 0) is 41.0 Å². The van der Waals surface area contributed by atoms with Gasteiger partial charge in [0.05, 0.1) is 19.8 Å². The molecule has 6 nitrogen and oxygen atoms in total. The van der Waals surface area contributed by atoms with Gasteiger partial charge in [0.2, 0.25) is 6.79 Å². The molecule has 0 amide bonds. The fourth-order valence-electron chi connectivity index (χ4n) is 3.38. The first kappa shape index (κ1) is 22.2. The van der Waals surface area contributed by atoms with Crippen LogP contribution in [0.4, 0.5) is 0 Å². The molecule has 1 aliphatic rings. The molecule has 1 atom stereocenters. The molecule has 1 heterocycles. The van der Waals surface area contributed by atoms with E-state index in [1.807, 2.05) is 30.3 Å². The maximum absolute atomic E-state index is 10.8. The smallest absolute Gasteiger partial charge is 0.231 e. The van der Waals surface area contributed by atoms with Crippen molar-refractivity contribution in [3.8, 4) is 23.0 Å². The lowest BCUT2D eigenvalue weighted by atomic mass is 10.0. The van der Waals surface area contributed by atoms with Gasteiger partial charge in [-0.2, -0.15) is 0 Å². The third-order valence-electron chi connectivity index (χ3n) is 5.10. The second-order valence-corrected chi connectivity index (χ2v) is 8.02. The van der Waals surface area contributed by atoms with Crippen molar-refractivity contribution >= 4 is 22.0 Å². The Bertz CT molecular complexity index is 1110. The molecule has 32 heavy (non-hydrogen) atoms. The lowest BCUT2D eigenvalue weighted by Crippen LogP contribution is -2.01. The molecule has 2 N–H and O–H groups in total. The van der Waals surface area contributed by atoms with Crippen LogP contribution in [0.3, 0.4) is 0 Å². The fourth-order valence-corrected chi connectivity index (χ4v) is 3.93. The highest BCUT2D eigenvalue weighted by atomic mass is 79.9. The summed E-state index contributed by atoms with van der Waals surface area (Å²) in [6.45, 7) is 0.401. The fraction of sp³-hybridized carbons (Fsp3) is 0.200. The molecule has 0 saturated carbocycles. The number of rotatable bonds is 8. The van der Waals surface area contributed by atoms with Crippen molar-refractivity contribution in [3.05, 3.63) is 87.4 Å². The van der Waals surface area contributed by atoms with Gasteiger partial charge in [0.1, 0.15) is 6.61 Å². The minimum Gasteiger partial charge on any atom is -0.493 e. The largest absolute Gasteiger partial charge is 0.493 e. The zero-order valence-corrected chi connectivity index (χ0v) is 19.0. The molecule has 3 aromatic rings. The molecule has 0 bridgehead atoms. The molecule has 1 aliphatic heterocycles. The molecular weight excluding hydrogens is 476 g/mol. The Morgan fingerprint density at radius 3 is 2.53 bits per heavy atom. The number of aliphatic hydroxyl groups is 2. The van der Waals surface area contributed by atoms with E-state index in [1.54, 1.807) is 43.5 Å². The lowest BCUT2D eigenvalue weighted by Gasteiger charge is -2.16. The van der Waals surface area contributed by atoms with Crippen molar-refractivity contribution < 1.29 is 29.2 Å². The maximum Gasteiger partial charge on any atom is 0.231 e. The van der Waals surface area contributed by atoms with Crippen LogP contribution in [0, 0.1) is 0 Å². The number of methoxy groups -OCH3 is 1. The quantitative estimate of drug-likeness (QED) is 0.454. The third-order valence-corrected chi connectivity index (χ3v) is 5.79. The van der Waals surface area contributed by atoms with Crippen LogP contribution in [0.5, 0.6) is 23.0 Å². The number of fused-ring (bicyclic) bond motifs is 1. The van der Waals surface area contributed by atoms with E-state index in [4.69, 9.17) is 18.9 Å². The van der Waals surface area contributed by atoms with Crippen molar-refractivity contribution in [2.24, 2.45) is 0 Å². The van der Waals surface area contributed by atoms with Crippen molar-refractivity contribution in [1.29, 1.82) is 0 Å². The predicted molar refractivity (Wildman–Crippen MR) is 124 cm³/mol. The molecule has 0 aliphatic carbocycles. The summed E-state index contributed by atoms with van der Waals surface area (Å²) in [6.07, 6.45) is 2.47. The molecule has 0 radical (unpaired) electrons. The van der Waals surface area contributed by atoms with Crippen LogP contribution in [0.1, 0.15) is 28.4 Å².